The highest BCUT2D eigenvalue weighted by Gasteiger charge is 2.03. The van der Waals surface area contributed by atoms with Crippen molar-refractivity contribution in [2.24, 2.45) is 7.05 Å². The maximum atomic E-state index is 4.31. The number of hydrogen-bond donors (Lipinski definition) is 0. The molecule has 0 fully saturated rings. The lowest BCUT2D eigenvalue weighted by molar-refractivity contribution is 0.768. The lowest BCUT2D eigenvalue weighted by atomic mass is 10.1. The summed E-state index contributed by atoms with van der Waals surface area (Å²) < 4.78 is 1.78. The van der Waals surface area contributed by atoms with Crippen molar-refractivity contribution >= 4 is 0 Å². The maximum absolute atomic E-state index is 4.31. The smallest absolute Gasteiger partial charge is 0.0762 e. The van der Waals surface area contributed by atoms with Gasteiger partial charge in [0.25, 0.3) is 0 Å². The van der Waals surface area contributed by atoms with Gasteiger partial charge in [0.15, 0.2) is 0 Å². The van der Waals surface area contributed by atoms with Gasteiger partial charge >= 0.3 is 0 Å². The molecular formula is C10H11N3. The van der Waals surface area contributed by atoms with E-state index in [-0.39, 0.29) is 0 Å². The zero-order chi connectivity index (χ0) is 9.26. The normalized spacial score (nSPS) is 10.3. The van der Waals surface area contributed by atoms with Crippen LogP contribution >= 0.6 is 0 Å². The number of aromatic nitrogens is 3. The summed E-state index contributed by atoms with van der Waals surface area (Å²) in [4.78, 5) is 4.31. The summed E-state index contributed by atoms with van der Waals surface area (Å²) in [5, 5.41) is 4.11. The second-order valence-electron chi connectivity index (χ2n) is 3.07. The molecule has 0 radical (unpaired) electrons. The Hall–Kier alpha value is -1.64. The van der Waals surface area contributed by atoms with Crippen molar-refractivity contribution in [3.05, 3.63) is 36.3 Å². The van der Waals surface area contributed by atoms with Gasteiger partial charge < -0.3 is 0 Å². The highest BCUT2D eigenvalue weighted by atomic mass is 15.2. The van der Waals surface area contributed by atoms with Crippen molar-refractivity contribution in [1.29, 1.82) is 0 Å². The first kappa shape index (κ1) is 7.98. The molecule has 0 atom stereocenters. The average molecular weight is 173 g/mol. The molecule has 2 heterocycles. The van der Waals surface area contributed by atoms with Crippen molar-refractivity contribution < 1.29 is 0 Å². The van der Waals surface area contributed by atoms with E-state index >= 15 is 0 Å². The molecule has 0 spiro atoms. The highest BCUT2D eigenvalue weighted by Crippen LogP contribution is 2.18. The zero-order valence-corrected chi connectivity index (χ0v) is 7.73. The number of hydrogen-bond acceptors (Lipinski definition) is 2. The fourth-order valence-electron chi connectivity index (χ4n) is 1.33. The van der Waals surface area contributed by atoms with Gasteiger partial charge in [0.2, 0.25) is 0 Å². The van der Waals surface area contributed by atoms with Gasteiger partial charge in [0.05, 0.1) is 11.9 Å². The minimum atomic E-state index is 1.01. The SMILES string of the molecule is Cc1cccnc1-c1cnn(C)c1. The summed E-state index contributed by atoms with van der Waals surface area (Å²) in [7, 11) is 1.90. The van der Waals surface area contributed by atoms with Gasteiger partial charge in [-0.05, 0) is 18.6 Å². The van der Waals surface area contributed by atoms with Crippen molar-refractivity contribution in [2.45, 2.75) is 6.92 Å². The highest BCUT2D eigenvalue weighted by molar-refractivity contribution is 5.60. The molecule has 0 N–H and O–H groups in total. The van der Waals surface area contributed by atoms with Crippen LogP contribution in [0.5, 0.6) is 0 Å². The van der Waals surface area contributed by atoms with Crippen molar-refractivity contribution in [3.8, 4) is 11.3 Å². The van der Waals surface area contributed by atoms with Crippen LogP contribution in [0.25, 0.3) is 11.3 Å². The standard InChI is InChI=1S/C10H11N3/c1-8-4-3-5-11-10(8)9-6-12-13(2)7-9/h3-7H,1-2H3. The molecule has 2 rings (SSSR count). The van der Waals surface area contributed by atoms with Crippen LogP contribution in [0.1, 0.15) is 5.56 Å². The van der Waals surface area contributed by atoms with Gasteiger partial charge in [-0.25, -0.2) is 0 Å². The van der Waals surface area contributed by atoms with Crippen molar-refractivity contribution in [1.82, 2.24) is 14.8 Å². The van der Waals surface area contributed by atoms with Crippen LogP contribution < -0.4 is 0 Å². The van der Waals surface area contributed by atoms with Crippen molar-refractivity contribution in [3.63, 3.8) is 0 Å². The van der Waals surface area contributed by atoms with E-state index in [1.165, 1.54) is 5.56 Å². The molecule has 2 aromatic heterocycles. The molecule has 2 aromatic rings. The van der Waals surface area contributed by atoms with Crippen LogP contribution in [0.4, 0.5) is 0 Å². The van der Waals surface area contributed by atoms with Crippen molar-refractivity contribution in [2.75, 3.05) is 0 Å². The second kappa shape index (κ2) is 3.01. The van der Waals surface area contributed by atoms with Gasteiger partial charge in [-0.2, -0.15) is 5.10 Å². The number of pyridine rings is 1. The topological polar surface area (TPSA) is 30.7 Å². The first-order valence-corrected chi connectivity index (χ1v) is 4.18. The second-order valence-corrected chi connectivity index (χ2v) is 3.07. The van der Waals surface area contributed by atoms with Gasteiger partial charge in [0.1, 0.15) is 0 Å². The molecular weight excluding hydrogens is 162 g/mol. The lowest BCUT2D eigenvalue weighted by Crippen LogP contribution is -1.86. The van der Waals surface area contributed by atoms with E-state index in [2.05, 4.69) is 23.1 Å². The molecule has 0 saturated carbocycles. The fourth-order valence-corrected chi connectivity index (χ4v) is 1.33. The van der Waals surface area contributed by atoms with Crippen LogP contribution in [0.2, 0.25) is 0 Å². The third-order valence-electron chi connectivity index (χ3n) is 1.99. The van der Waals surface area contributed by atoms with Crippen LogP contribution in [0.3, 0.4) is 0 Å². The first-order valence-electron chi connectivity index (χ1n) is 4.18. The van der Waals surface area contributed by atoms with Gasteiger partial charge in [0, 0.05) is 25.0 Å². The Balaban J connectivity index is 2.52. The van der Waals surface area contributed by atoms with E-state index in [9.17, 15) is 0 Å². The van der Waals surface area contributed by atoms with E-state index in [0.29, 0.717) is 0 Å². The Labute approximate surface area is 77.0 Å². The largest absolute Gasteiger partial charge is 0.275 e. The van der Waals surface area contributed by atoms with Gasteiger partial charge in [-0.1, -0.05) is 6.07 Å². The minimum absolute atomic E-state index is 1.01. The predicted molar refractivity (Wildman–Crippen MR) is 51.2 cm³/mol. The maximum Gasteiger partial charge on any atom is 0.0762 e. The molecule has 0 amide bonds. The van der Waals surface area contributed by atoms with Crippen LogP contribution in [0.15, 0.2) is 30.7 Å². The molecule has 0 aliphatic carbocycles. The molecule has 0 bridgehead atoms. The quantitative estimate of drug-likeness (QED) is 0.658. The molecule has 0 aromatic carbocycles. The number of rotatable bonds is 1. The van der Waals surface area contributed by atoms with Crippen LogP contribution in [0, 0.1) is 6.92 Å². The van der Waals surface area contributed by atoms with E-state index < -0.39 is 0 Å². The molecule has 13 heavy (non-hydrogen) atoms. The van der Waals surface area contributed by atoms with E-state index in [1.807, 2.05) is 25.5 Å². The Morgan fingerprint density at radius 3 is 2.85 bits per heavy atom. The monoisotopic (exact) mass is 173 g/mol. The third kappa shape index (κ3) is 1.45. The minimum Gasteiger partial charge on any atom is -0.275 e. The third-order valence-corrected chi connectivity index (χ3v) is 1.99. The van der Waals surface area contributed by atoms with Gasteiger partial charge in [-0.15, -0.1) is 0 Å². The molecule has 0 aliphatic rings. The average Bonchev–Trinajstić information content (AvgIpc) is 2.53. The molecule has 0 unspecified atom stereocenters. The molecule has 3 heteroatoms. The van der Waals surface area contributed by atoms with Crippen LogP contribution in [-0.4, -0.2) is 14.8 Å². The number of nitrogens with zero attached hydrogens (tertiary/aromatic N) is 3. The Morgan fingerprint density at radius 2 is 2.23 bits per heavy atom. The van der Waals surface area contributed by atoms with E-state index in [0.717, 1.165) is 11.3 Å². The summed E-state index contributed by atoms with van der Waals surface area (Å²) in [5.74, 6) is 0. The first-order chi connectivity index (χ1) is 6.27. The summed E-state index contributed by atoms with van der Waals surface area (Å²) >= 11 is 0. The van der Waals surface area contributed by atoms with Crippen LogP contribution in [-0.2, 0) is 7.05 Å². The summed E-state index contributed by atoms with van der Waals surface area (Å²) in [6.45, 7) is 2.05. The van der Waals surface area contributed by atoms with Gasteiger partial charge in [-0.3, -0.25) is 9.67 Å². The fraction of sp³-hybridized carbons (Fsp3) is 0.200. The summed E-state index contributed by atoms with van der Waals surface area (Å²) in [5.41, 5.74) is 3.26. The predicted octanol–water partition coefficient (Wildman–Crippen LogP) is 1.79. The summed E-state index contributed by atoms with van der Waals surface area (Å²) in [6, 6.07) is 3.99. The molecule has 3 nitrogen and oxygen atoms in total. The Bertz CT molecular complexity index is 418. The lowest BCUT2D eigenvalue weighted by Gasteiger charge is -1.99. The van der Waals surface area contributed by atoms with E-state index in [1.54, 1.807) is 10.9 Å². The number of aryl methyl sites for hydroxylation is 2. The summed E-state index contributed by atoms with van der Waals surface area (Å²) in [6.07, 6.45) is 5.60. The Morgan fingerprint density at radius 1 is 1.38 bits per heavy atom. The Kier molecular flexibility index (Phi) is 1.85. The van der Waals surface area contributed by atoms with E-state index in [4.69, 9.17) is 0 Å². The molecule has 0 aliphatic heterocycles. The molecule has 66 valence electrons. The zero-order valence-electron chi connectivity index (χ0n) is 7.73. The molecule has 0 saturated heterocycles.